The molecule has 0 amide bonds. The lowest BCUT2D eigenvalue weighted by atomic mass is 10.3. The van der Waals surface area contributed by atoms with Crippen LogP contribution in [0.4, 0.5) is 0 Å². The van der Waals surface area contributed by atoms with E-state index in [1.54, 1.807) is 6.26 Å². The van der Waals surface area contributed by atoms with Gasteiger partial charge in [0.15, 0.2) is 5.89 Å². The van der Waals surface area contributed by atoms with E-state index in [2.05, 4.69) is 10.3 Å². The first-order chi connectivity index (χ1) is 6.34. The molecule has 1 N–H and O–H groups in total. The van der Waals surface area contributed by atoms with Gasteiger partial charge in [0.1, 0.15) is 12.0 Å². The maximum atomic E-state index is 5.62. The zero-order chi connectivity index (χ0) is 9.10. The van der Waals surface area contributed by atoms with E-state index in [1.165, 1.54) is 0 Å². The third-order valence-electron chi connectivity index (χ3n) is 2.15. The number of aryl methyl sites for hydroxylation is 1. The largest absolute Gasteiger partial charge is 0.449 e. The van der Waals surface area contributed by atoms with Gasteiger partial charge in [-0.3, -0.25) is 0 Å². The number of nitrogens with zero attached hydrogens (tertiary/aromatic N) is 1. The molecular weight excluding hydrogens is 168 g/mol. The summed E-state index contributed by atoms with van der Waals surface area (Å²) in [5, 5.41) is 3.24. The summed E-state index contributed by atoms with van der Waals surface area (Å²) < 4.78 is 10.7. The number of hydrogen-bond donors (Lipinski definition) is 1. The van der Waals surface area contributed by atoms with Crippen molar-refractivity contribution in [1.29, 1.82) is 0 Å². The number of nitrogens with one attached hydrogen (secondary N) is 1. The molecule has 0 spiro atoms. The topological polar surface area (TPSA) is 47.3 Å². The van der Waals surface area contributed by atoms with Crippen LogP contribution >= 0.6 is 0 Å². The van der Waals surface area contributed by atoms with Crippen molar-refractivity contribution in [2.45, 2.75) is 26.1 Å². The fourth-order valence-electron chi connectivity index (χ4n) is 1.45. The molecule has 2 heterocycles. The highest BCUT2D eigenvalue weighted by Crippen LogP contribution is 2.08. The molecule has 13 heavy (non-hydrogen) atoms. The predicted octanol–water partition coefficient (Wildman–Crippen LogP) is 0.862. The maximum Gasteiger partial charge on any atom is 0.191 e. The minimum absolute atomic E-state index is 0.344. The zero-order valence-corrected chi connectivity index (χ0v) is 7.75. The van der Waals surface area contributed by atoms with Crippen LogP contribution in [0, 0.1) is 6.92 Å². The number of rotatable bonds is 3. The molecule has 0 bridgehead atoms. The third-order valence-corrected chi connectivity index (χ3v) is 2.15. The van der Waals surface area contributed by atoms with Gasteiger partial charge in [0.05, 0.1) is 12.7 Å². The molecule has 0 unspecified atom stereocenters. The quantitative estimate of drug-likeness (QED) is 0.753. The van der Waals surface area contributed by atoms with Crippen molar-refractivity contribution in [2.24, 2.45) is 0 Å². The van der Waals surface area contributed by atoms with Crippen molar-refractivity contribution in [3.8, 4) is 0 Å². The fourth-order valence-corrected chi connectivity index (χ4v) is 1.45. The monoisotopic (exact) mass is 182 g/mol. The van der Waals surface area contributed by atoms with Crippen molar-refractivity contribution < 1.29 is 9.15 Å². The van der Waals surface area contributed by atoms with E-state index in [0.29, 0.717) is 18.6 Å². The van der Waals surface area contributed by atoms with Gasteiger partial charge in [-0.15, -0.1) is 0 Å². The van der Waals surface area contributed by atoms with Crippen LogP contribution in [-0.2, 0) is 11.3 Å². The summed E-state index contributed by atoms with van der Waals surface area (Å²) in [6.07, 6.45) is 3.09. The van der Waals surface area contributed by atoms with Crippen LogP contribution in [0.25, 0.3) is 0 Å². The second-order valence-corrected chi connectivity index (χ2v) is 3.28. The lowest BCUT2D eigenvalue weighted by Gasteiger charge is -2.07. The Morgan fingerprint density at radius 1 is 1.77 bits per heavy atom. The second kappa shape index (κ2) is 3.89. The molecular formula is C9H14N2O2. The molecule has 4 heteroatoms. The van der Waals surface area contributed by atoms with Gasteiger partial charge in [0, 0.05) is 13.5 Å². The summed E-state index contributed by atoms with van der Waals surface area (Å²) in [7, 11) is 0. The molecule has 0 radical (unpaired) electrons. The van der Waals surface area contributed by atoms with Gasteiger partial charge in [-0.25, -0.2) is 4.98 Å². The van der Waals surface area contributed by atoms with Crippen molar-refractivity contribution in [2.75, 3.05) is 13.1 Å². The van der Waals surface area contributed by atoms with Gasteiger partial charge >= 0.3 is 0 Å². The molecule has 1 aliphatic rings. The Morgan fingerprint density at radius 3 is 3.31 bits per heavy atom. The first-order valence-corrected chi connectivity index (χ1v) is 4.58. The fraction of sp³-hybridized carbons (Fsp3) is 0.667. The summed E-state index contributed by atoms with van der Waals surface area (Å²) in [6, 6.07) is 0. The van der Waals surface area contributed by atoms with E-state index < -0.39 is 0 Å². The molecule has 1 atom stereocenters. The molecule has 1 fully saturated rings. The summed E-state index contributed by atoms with van der Waals surface area (Å²) in [5.41, 5.74) is 0.879. The average Bonchev–Trinajstić information content (AvgIpc) is 2.71. The molecule has 1 saturated heterocycles. The lowest BCUT2D eigenvalue weighted by Crippen LogP contribution is -2.16. The SMILES string of the molecule is Cc1nc(CO[C@H]2CCNC2)co1. The van der Waals surface area contributed by atoms with Gasteiger partial charge in [-0.1, -0.05) is 0 Å². The Morgan fingerprint density at radius 2 is 2.69 bits per heavy atom. The van der Waals surface area contributed by atoms with Crippen LogP contribution in [0.5, 0.6) is 0 Å². The average molecular weight is 182 g/mol. The van der Waals surface area contributed by atoms with E-state index in [1.807, 2.05) is 6.92 Å². The van der Waals surface area contributed by atoms with Crippen molar-refractivity contribution in [3.63, 3.8) is 0 Å². The van der Waals surface area contributed by atoms with E-state index in [0.717, 1.165) is 25.2 Å². The van der Waals surface area contributed by atoms with Crippen molar-refractivity contribution >= 4 is 0 Å². The van der Waals surface area contributed by atoms with E-state index in [4.69, 9.17) is 9.15 Å². The number of hydrogen-bond acceptors (Lipinski definition) is 4. The van der Waals surface area contributed by atoms with Gasteiger partial charge in [-0.05, 0) is 13.0 Å². The molecule has 72 valence electrons. The highest BCUT2D eigenvalue weighted by atomic mass is 16.5. The Hall–Kier alpha value is -0.870. The lowest BCUT2D eigenvalue weighted by molar-refractivity contribution is 0.0522. The highest BCUT2D eigenvalue weighted by Gasteiger charge is 2.15. The Labute approximate surface area is 77.3 Å². The Balaban J connectivity index is 1.78. The van der Waals surface area contributed by atoms with Crippen molar-refractivity contribution in [1.82, 2.24) is 10.3 Å². The smallest absolute Gasteiger partial charge is 0.191 e. The molecule has 1 aliphatic heterocycles. The van der Waals surface area contributed by atoms with Gasteiger partial charge in [0.25, 0.3) is 0 Å². The van der Waals surface area contributed by atoms with Gasteiger partial charge in [0.2, 0.25) is 0 Å². The highest BCUT2D eigenvalue weighted by molar-refractivity contribution is 4.93. The third kappa shape index (κ3) is 2.29. The van der Waals surface area contributed by atoms with Crippen LogP contribution in [-0.4, -0.2) is 24.2 Å². The molecule has 0 aromatic carbocycles. The minimum Gasteiger partial charge on any atom is -0.449 e. The molecule has 4 nitrogen and oxygen atoms in total. The molecule has 2 rings (SSSR count). The number of aromatic nitrogens is 1. The zero-order valence-electron chi connectivity index (χ0n) is 7.75. The molecule has 1 aromatic rings. The molecule has 1 aromatic heterocycles. The van der Waals surface area contributed by atoms with Crippen molar-refractivity contribution in [3.05, 3.63) is 17.8 Å². The van der Waals surface area contributed by atoms with Gasteiger partial charge < -0.3 is 14.5 Å². The summed E-state index contributed by atoms with van der Waals surface area (Å²) in [5.74, 6) is 0.697. The van der Waals surface area contributed by atoms with Crippen LogP contribution in [0.15, 0.2) is 10.7 Å². The summed E-state index contributed by atoms with van der Waals surface area (Å²) in [6.45, 7) is 4.41. The summed E-state index contributed by atoms with van der Waals surface area (Å²) >= 11 is 0. The molecule has 0 saturated carbocycles. The molecule has 0 aliphatic carbocycles. The normalized spacial score (nSPS) is 22.4. The Bertz CT molecular complexity index is 266. The van der Waals surface area contributed by atoms with E-state index >= 15 is 0 Å². The van der Waals surface area contributed by atoms with Crippen LogP contribution in [0.3, 0.4) is 0 Å². The van der Waals surface area contributed by atoms with E-state index in [-0.39, 0.29) is 0 Å². The summed E-state index contributed by atoms with van der Waals surface area (Å²) in [4.78, 5) is 4.16. The van der Waals surface area contributed by atoms with Gasteiger partial charge in [-0.2, -0.15) is 0 Å². The Kier molecular flexibility index (Phi) is 2.61. The standard InChI is InChI=1S/C9H14N2O2/c1-7-11-8(5-12-7)6-13-9-2-3-10-4-9/h5,9-10H,2-4,6H2,1H3/t9-/m0/s1. The maximum absolute atomic E-state index is 5.62. The number of oxazole rings is 1. The van der Waals surface area contributed by atoms with E-state index in [9.17, 15) is 0 Å². The van der Waals surface area contributed by atoms with Crippen LogP contribution in [0.2, 0.25) is 0 Å². The second-order valence-electron chi connectivity index (χ2n) is 3.28. The number of ether oxygens (including phenoxy) is 1. The predicted molar refractivity (Wildman–Crippen MR) is 47.3 cm³/mol. The minimum atomic E-state index is 0.344. The van der Waals surface area contributed by atoms with Crippen LogP contribution < -0.4 is 5.32 Å². The van der Waals surface area contributed by atoms with Crippen LogP contribution in [0.1, 0.15) is 18.0 Å². The first-order valence-electron chi connectivity index (χ1n) is 4.58. The first kappa shape index (κ1) is 8.72.